The second-order valence-electron chi connectivity index (χ2n) is 5.35. The van der Waals surface area contributed by atoms with E-state index in [1.807, 2.05) is 12.1 Å². The zero-order valence-electron chi connectivity index (χ0n) is 11.9. The van der Waals surface area contributed by atoms with Crippen LogP contribution < -0.4 is 10.5 Å². The average molecular weight is 259 g/mol. The Morgan fingerprint density at radius 2 is 1.95 bits per heavy atom. The van der Waals surface area contributed by atoms with Gasteiger partial charge in [-0.2, -0.15) is 0 Å². The molecule has 0 spiro atoms. The molecule has 2 heteroatoms. The molecule has 0 heterocycles. The van der Waals surface area contributed by atoms with Crippen molar-refractivity contribution < 1.29 is 4.74 Å². The predicted molar refractivity (Wildman–Crippen MR) is 80.5 cm³/mol. The van der Waals surface area contributed by atoms with Gasteiger partial charge < -0.3 is 10.5 Å². The van der Waals surface area contributed by atoms with Crippen molar-refractivity contribution in [2.75, 3.05) is 7.11 Å². The van der Waals surface area contributed by atoms with Crippen LogP contribution in [0.15, 0.2) is 35.9 Å². The number of rotatable bonds is 4. The summed E-state index contributed by atoms with van der Waals surface area (Å²) in [7, 11) is 1.72. The Morgan fingerprint density at radius 1 is 1.16 bits per heavy atom. The van der Waals surface area contributed by atoms with Gasteiger partial charge in [0, 0.05) is 6.04 Å². The van der Waals surface area contributed by atoms with E-state index in [0.29, 0.717) is 0 Å². The number of benzene rings is 1. The molecule has 0 aliphatic heterocycles. The SMILES string of the molecule is COc1ccccc1CC(N)/C1=C/CCCCCC1. The summed E-state index contributed by atoms with van der Waals surface area (Å²) >= 11 is 0. The van der Waals surface area contributed by atoms with Gasteiger partial charge in [-0.3, -0.25) is 0 Å². The molecule has 0 bridgehead atoms. The van der Waals surface area contributed by atoms with Crippen molar-refractivity contribution >= 4 is 0 Å². The molecule has 104 valence electrons. The third-order valence-corrected chi connectivity index (χ3v) is 3.93. The molecule has 0 amide bonds. The summed E-state index contributed by atoms with van der Waals surface area (Å²) in [6, 6.07) is 8.31. The van der Waals surface area contributed by atoms with Crippen LogP contribution >= 0.6 is 0 Å². The van der Waals surface area contributed by atoms with Crippen molar-refractivity contribution in [2.24, 2.45) is 5.73 Å². The second kappa shape index (κ2) is 7.34. The maximum Gasteiger partial charge on any atom is 0.122 e. The second-order valence-corrected chi connectivity index (χ2v) is 5.35. The molecule has 1 aliphatic carbocycles. The van der Waals surface area contributed by atoms with E-state index in [-0.39, 0.29) is 6.04 Å². The van der Waals surface area contributed by atoms with Crippen molar-refractivity contribution in [1.82, 2.24) is 0 Å². The van der Waals surface area contributed by atoms with E-state index >= 15 is 0 Å². The first-order valence-corrected chi connectivity index (χ1v) is 7.37. The Kier molecular flexibility index (Phi) is 5.46. The molecule has 1 atom stereocenters. The Morgan fingerprint density at radius 3 is 2.79 bits per heavy atom. The van der Waals surface area contributed by atoms with Gasteiger partial charge in [0.1, 0.15) is 5.75 Å². The van der Waals surface area contributed by atoms with E-state index in [1.165, 1.54) is 43.2 Å². The molecular formula is C17H25NO. The average Bonchev–Trinajstić information content (AvgIpc) is 2.38. The zero-order chi connectivity index (χ0) is 13.5. The smallest absolute Gasteiger partial charge is 0.122 e. The number of ether oxygens (including phenoxy) is 1. The number of hydrogen-bond donors (Lipinski definition) is 1. The molecule has 0 radical (unpaired) electrons. The Labute approximate surface area is 116 Å². The minimum Gasteiger partial charge on any atom is -0.496 e. The van der Waals surface area contributed by atoms with Crippen LogP contribution in [0.3, 0.4) is 0 Å². The van der Waals surface area contributed by atoms with Crippen LogP contribution in [-0.2, 0) is 6.42 Å². The summed E-state index contributed by atoms with van der Waals surface area (Å²) in [4.78, 5) is 0. The molecule has 0 saturated heterocycles. The number of hydrogen-bond acceptors (Lipinski definition) is 2. The van der Waals surface area contributed by atoms with Gasteiger partial charge in [0.05, 0.1) is 7.11 Å². The lowest BCUT2D eigenvalue weighted by Gasteiger charge is -2.19. The van der Waals surface area contributed by atoms with E-state index in [0.717, 1.165) is 18.6 Å². The summed E-state index contributed by atoms with van der Waals surface area (Å²) in [5.41, 5.74) is 9.05. The molecular weight excluding hydrogens is 234 g/mol. The van der Waals surface area contributed by atoms with Gasteiger partial charge in [-0.1, -0.05) is 42.7 Å². The number of nitrogens with two attached hydrogens (primary N) is 1. The minimum absolute atomic E-state index is 0.134. The summed E-state index contributed by atoms with van der Waals surface area (Å²) in [6.07, 6.45) is 10.9. The molecule has 1 aromatic carbocycles. The first-order valence-electron chi connectivity index (χ1n) is 7.37. The fraction of sp³-hybridized carbons (Fsp3) is 0.529. The maximum absolute atomic E-state index is 6.40. The summed E-state index contributed by atoms with van der Waals surface area (Å²) in [5.74, 6) is 0.949. The van der Waals surface area contributed by atoms with Crippen LogP contribution in [-0.4, -0.2) is 13.2 Å². The first kappa shape index (κ1) is 14.1. The monoisotopic (exact) mass is 259 g/mol. The van der Waals surface area contributed by atoms with Crippen LogP contribution in [0.25, 0.3) is 0 Å². The minimum atomic E-state index is 0.134. The van der Waals surface area contributed by atoms with Crippen molar-refractivity contribution in [3.05, 3.63) is 41.5 Å². The van der Waals surface area contributed by atoms with Gasteiger partial charge in [-0.25, -0.2) is 0 Å². The highest BCUT2D eigenvalue weighted by atomic mass is 16.5. The van der Waals surface area contributed by atoms with E-state index in [9.17, 15) is 0 Å². The first-order chi connectivity index (χ1) is 9.31. The van der Waals surface area contributed by atoms with Gasteiger partial charge in [-0.05, 0) is 43.7 Å². The zero-order valence-corrected chi connectivity index (χ0v) is 11.9. The Bertz CT molecular complexity index is 425. The van der Waals surface area contributed by atoms with Crippen molar-refractivity contribution in [1.29, 1.82) is 0 Å². The molecule has 2 rings (SSSR count). The van der Waals surface area contributed by atoms with E-state index < -0.39 is 0 Å². The van der Waals surface area contributed by atoms with Crippen LogP contribution in [0.4, 0.5) is 0 Å². The molecule has 1 aliphatic rings. The van der Waals surface area contributed by atoms with Gasteiger partial charge in [0.2, 0.25) is 0 Å². The lowest BCUT2D eigenvalue weighted by Crippen LogP contribution is -2.26. The van der Waals surface area contributed by atoms with E-state index in [4.69, 9.17) is 10.5 Å². The molecule has 1 aromatic rings. The standard InChI is InChI=1S/C17H25NO/c1-19-17-12-8-7-11-15(17)13-16(18)14-9-5-3-2-4-6-10-14/h7-9,11-12,16H,2-6,10,13,18H2,1H3/b14-9+. The van der Waals surface area contributed by atoms with Gasteiger partial charge in [0.15, 0.2) is 0 Å². The van der Waals surface area contributed by atoms with E-state index in [1.54, 1.807) is 7.11 Å². The molecule has 2 N–H and O–H groups in total. The van der Waals surface area contributed by atoms with Gasteiger partial charge in [0.25, 0.3) is 0 Å². The number of para-hydroxylation sites is 1. The third-order valence-electron chi connectivity index (χ3n) is 3.93. The number of allylic oxidation sites excluding steroid dienone is 1. The van der Waals surface area contributed by atoms with Crippen LogP contribution in [0, 0.1) is 0 Å². The Hall–Kier alpha value is -1.28. The van der Waals surface area contributed by atoms with Gasteiger partial charge in [-0.15, -0.1) is 0 Å². The van der Waals surface area contributed by atoms with E-state index in [2.05, 4.69) is 18.2 Å². The summed E-state index contributed by atoms with van der Waals surface area (Å²) in [6.45, 7) is 0. The normalized spacial score (nSPS) is 20.8. The topological polar surface area (TPSA) is 35.2 Å². The summed E-state index contributed by atoms with van der Waals surface area (Å²) < 4.78 is 5.40. The maximum atomic E-state index is 6.40. The van der Waals surface area contributed by atoms with Crippen LogP contribution in [0.2, 0.25) is 0 Å². The molecule has 0 fully saturated rings. The fourth-order valence-electron chi connectivity index (χ4n) is 2.79. The van der Waals surface area contributed by atoms with Crippen molar-refractivity contribution in [3.8, 4) is 5.75 Å². The summed E-state index contributed by atoms with van der Waals surface area (Å²) in [5, 5.41) is 0. The molecule has 19 heavy (non-hydrogen) atoms. The molecule has 0 aromatic heterocycles. The van der Waals surface area contributed by atoms with Crippen LogP contribution in [0.5, 0.6) is 5.75 Å². The highest BCUT2D eigenvalue weighted by Gasteiger charge is 2.13. The largest absolute Gasteiger partial charge is 0.496 e. The highest BCUT2D eigenvalue weighted by Crippen LogP contribution is 2.24. The molecule has 2 nitrogen and oxygen atoms in total. The lowest BCUT2D eigenvalue weighted by atomic mass is 9.92. The number of methoxy groups -OCH3 is 1. The van der Waals surface area contributed by atoms with Gasteiger partial charge >= 0.3 is 0 Å². The third kappa shape index (κ3) is 4.10. The highest BCUT2D eigenvalue weighted by molar-refractivity contribution is 5.35. The molecule has 1 unspecified atom stereocenters. The fourth-order valence-corrected chi connectivity index (χ4v) is 2.79. The molecule has 0 saturated carbocycles. The predicted octanol–water partition coefficient (Wildman–Crippen LogP) is 3.85. The lowest BCUT2D eigenvalue weighted by molar-refractivity contribution is 0.408. The quantitative estimate of drug-likeness (QED) is 0.834. The van der Waals surface area contributed by atoms with Crippen LogP contribution in [0.1, 0.15) is 44.1 Å². The Balaban J connectivity index is 2.04. The van der Waals surface area contributed by atoms with Crippen molar-refractivity contribution in [3.63, 3.8) is 0 Å². The van der Waals surface area contributed by atoms with Crippen molar-refractivity contribution in [2.45, 2.75) is 51.0 Å².